The van der Waals surface area contributed by atoms with Crippen LogP contribution in [0.2, 0.25) is 0 Å². The van der Waals surface area contributed by atoms with Crippen molar-refractivity contribution in [3.8, 4) is 0 Å². The highest BCUT2D eigenvalue weighted by molar-refractivity contribution is 14.0. The highest BCUT2D eigenvalue weighted by Gasteiger charge is 2.27. The number of nitrogens with one attached hydrogen (secondary N) is 1. The molecule has 0 aromatic heterocycles. The average Bonchev–Trinajstić information content (AvgIpc) is 2.96. The van der Waals surface area contributed by atoms with Crippen LogP contribution in [0.5, 0.6) is 0 Å². The Balaban J connectivity index is 0.00000392. The summed E-state index contributed by atoms with van der Waals surface area (Å²) >= 11 is 0. The highest BCUT2D eigenvalue weighted by Crippen LogP contribution is 2.19. The largest absolute Gasteiger partial charge is 0.382 e. The molecule has 1 N–H and O–H groups in total. The van der Waals surface area contributed by atoms with Gasteiger partial charge in [-0.2, -0.15) is 0 Å². The van der Waals surface area contributed by atoms with Crippen molar-refractivity contribution in [1.29, 1.82) is 0 Å². The maximum Gasteiger partial charge on any atom is 0.193 e. The summed E-state index contributed by atoms with van der Waals surface area (Å²) in [6, 6.07) is 0.579. The predicted molar refractivity (Wildman–Crippen MR) is 128 cm³/mol. The Morgan fingerprint density at radius 2 is 1.82 bits per heavy atom. The summed E-state index contributed by atoms with van der Waals surface area (Å²) in [7, 11) is 3.62. The van der Waals surface area contributed by atoms with Crippen molar-refractivity contribution in [1.82, 2.24) is 15.1 Å². The minimum atomic E-state index is 0. The van der Waals surface area contributed by atoms with Crippen LogP contribution in [0.1, 0.15) is 46.0 Å². The molecule has 28 heavy (non-hydrogen) atoms. The van der Waals surface area contributed by atoms with Crippen molar-refractivity contribution in [3.63, 3.8) is 0 Å². The van der Waals surface area contributed by atoms with Crippen molar-refractivity contribution in [2.24, 2.45) is 16.8 Å². The third-order valence-corrected chi connectivity index (χ3v) is 5.93. The van der Waals surface area contributed by atoms with Crippen molar-refractivity contribution >= 4 is 29.9 Å². The smallest absolute Gasteiger partial charge is 0.193 e. The molecule has 2 fully saturated rings. The first kappa shape index (κ1) is 25.9. The summed E-state index contributed by atoms with van der Waals surface area (Å²) < 4.78 is 10.8. The molecule has 2 rings (SSSR count). The summed E-state index contributed by atoms with van der Waals surface area (Å²) in [4.78, 5) is 9.66. The lowest BCUT2D eigenvalue weighted by Crippen LogP contribution is -2.50. The third-order valence-electron chi connectivity index (χ3n) is 5.93. The van der Waals surface area contributed by atoms with E-state index in [9.17, 15) is 0 Å². The molecule has 2 saturated heterocycles. The van der Waals surface area contributed by atoms with E-state index >= 15 is 0 Å². The molecule has 2 aliphatic heterocycles. The van der Waals surface area contributed by atoms with E-state index in [2.05, 4.69) is 34.0 Å². The maximum atomic E-state index is 5.72. The molecule has 0 saturated carbocycles. The first-order chi connectivity index (χ1) is 13.2. The number of methoxy groups -OCH3 is 1. The molecule has 0 bridgehead atoms. The van der Waals surface area contributed by atoms with Gasteiger partial charge >= 0.3 is 0 Å². The number of guanidine groups is 1. The van der Waals surface area contributed by atoms with Gasteiger partial charge in [0.05, 0.1) is 19.8 Å². The number of halogens is 1. The summed E-state index contributed by atoms with van der Waals surface area (Å²) in [6.45, 7) is 12.4. The molecule has 0 radical (unpaired) electrons. The monoisotopic (exact) mass is 510 g/mol. The molecule has 2 heterocycles. The zero-order valence-corrected chi connectivity index (χ0v) is 20.8. The van der Waals surface area contributed by atoms with E-state index in [0.717, 1.165) is 32.2 Å². The Kier molecular flexibility index (Phi) is 13.7. The minimum Gasteiger partial charge on any atom is -0.382 e. The second-order valence-electron chi connectivity index (χ2n) is 8.36. The van der Waals surface area contributed by atoms with Gasteiger partial charge in [-0.05, 0) is 38.3 Å². The van der Waals surface area contributed by atoms with Crippen molar-refractivity contribution < 1.29 is 9.47 Å². The van der Waals surface area contributed by atoms with E-state index in [1.807, 2.05) is 7.05 Å². The van der Waals surface area contributed by atoms with Gasteiger partial charge in [-0.25, -0.2) is 0 Å². The van der Waals surface area contributed by atoms with Crippen molar-refractivity contribution in [2.75, 3.05) is 66.7 Å². The van der Waals surface area contributed by atoms with Crippen LogP contribution in [-0.4, -0.2) is 88.5 Å². The molecule has 0 aliphatic carbocycles. The molecule has 2 unspecified atom stereocenters. The number of hydrogen-bond donors (Lipinski definition) is 1. The second-order valence-corrected chi connectivity index (χ2v) is 8.36. The maximum absolute atomic E-state index is 5.72. The molecule has 2 atom stereocenters. The number of ether oxygens (including phenoxy) is 2. The van der Waals surface area contributed by atoms with Gasteiger partial charge in [0.2, 0.25) is 0 Å². The van der Waals surface area contributed by atoms with Crippen LogP contribution in [0.3, 0.4) is 0 Å². The quantitative estimate of drug-likeness (QED) is 0.224. The molecule has 166 valence electrons. The molecule has 0 spiro atoms. The van der Waals surface area contributed by atoms with Gasteiger partial charge in [0.1, 0.15) is 0 Å². The fourth-order valence-corrected chi connectivity index (χ4v) is 4.29. The molecule has 0 amide bonds. The molecule has 6 nitrogen and oxygen atoms in total. The van der Waals surface area contributed by atoms with Crippen LogP contribution < -0.4 is 5.32 Å². The Labute approximate surface area is 189 Å². The Morgan fingerprint density at radius 3 is 2.43 bits per heavy atom. The zero-order chi connectivity index (χ0) is 19.5. The van der Waals surface area contributed by atoms with Gasteiger partial charge < -0.3 is 19.7 Å². The topological polar surface area (TPSA) is 49.3 Å². The van der Waals surface area contributed by atoms with Gasteiger partial charge in [-0.3, -0.25) is 9.89 Å². The standard InChI is InChI=1S/C21H42N4O2.HI/c1-18(2)20(24-10-7-5-6-8-11-24)15-23-21(22-3)25-12-9-19(16-25)17-27-14-13-26-4;/h18-20H,5-17H2,1-4H3,(H,22,23);1H. The van der Waals surface area contributed by atoms with E-state index in [1.54, 1.807) is 7.11 Å². The average molecular weight is 511 g/mol. The Hall–Kier alpha value is -0.120. The lowest BCUT2D eigenvalue weighted by atomic mass is 10.0. The summed E-state index contributed by atoms with van der Waals surface area (Å²) in [6.07, 6.45) is 6.63. The van der Waals surface area contributed by atoms with Crippen LogP contribution in [-0.2, 0) is 9.47 Å². The SMILES string of the molecule is CN=C(NCC(C(C)C)N1CCCCCC1)N1CCC(COCCOC)C1.I. The number of likely N-dealkylation sites (tertiary alicyclic amines) is 2. The summed E-state index contributed by atoms with van der Waals surface area (Å²) in [5, 5.41) is 3.68. The van der Waals surface area contributed by atoms with Crippen LogP contribution >= 0.6 is 24.0 Å². The lowest BCUT2D eigenvalue weighted by Gasteiger charge is -2.35. The van der Waals surface area contributed by atoms with E-state index < -0.39 is 0 Å². The molecule has 7 heteroatoms. The number of rotatable bonds is 9. The predicted octanol–water partition coefficient (Wildman–Crippen LogP) is 3.07. The van der Waals surface area contributed by atoms with Crippen molar-refractivity contribution in [2.45, 2.75) is 52.0 Å². The number of hydrogen-bond acceptors (Lipinski definition) is 4. The molecule has 0 aromatic rings. The summed E-state index contributed by atoms with van der Waals surface area (Å²) in [5.41, 5.74) is 0. The van der Waals surface area contributed by atoms with Gasteiger partial charge in [0.25, 0.3) is 0 Å². The fraction of sp³-hybridized carbons (Fsp3) is 0.952. The first-order valence-electron chi connectivity index (χ1n) is 10.9. The molecule has 0 aromatic carbocycles. The van der Waals surface area contributed by atoms with Crippen LogP contribution in [0, 0.1) is 11.8 Å². The van der Waals surface area contributed by atoms with Gasteiger partial charge in [-0.15, -0.1) is 24.0 Å². The van der Waals surface area contributed by atoms with Gasteiger partial charge in [0.15, 0.2) is 5.96 Å². The van der Waals surface area contributed by atoms with Gasteiger partial charge in [-0.1, -0.05) is 26.7 Å². The van der Waals surface area contributed by atoms with E-state index in [-0.39, 0.29) is 24.0 Å². The van der Waals surface area contributed by atoms with Crippen LogP contribution in [0.4, 0.5) is 0 Å². The highest BCUT2D eigenvalue weighted by atomic mass is 127. The van der Waals surface area contributed by atoms with E-state index in [0.29, 0.717) is 31.1 Å². The van der Waals surface area contributed by atoms with Crippen LogP contribution in [0.15, 0.2) is 4.99 Å². The van der Waals surface area contributed by atoms with Crippen molar-refractivity contribution in [3.05, 3.63) is 0 Å². The Bertz CT molecular complexity index is 429. The fourth-order valence-electron chi connectivity index (χ4n) is 4.29. The zero-order valence-electron chi connectivity index (χ0n) is 18.5. The second kappa shape index (κ2) is 14.8. The minimum absolute atomic E-state index is 0. The molecular formula is C21H43IN4O2. The molecule has 2 aliphatic rings. The summed E-state index contributed by atoms with van der Waals surface area (Å²) in [5.74, 6) is 2.29. The van der Waals surface area contributed by atoms with E-state index in [4.69, 9.17) is 9.47 Å². The van der Waals surface area contributed by atoms with Crippen LogP contribution in [0.25, 0.3) is 0 Å². The third kappa shape index (κ3) is 8.71. The van der Waals surface area contributed by atoms with E-state index in [1.165, 1.54) is 45.2 Å². The Morgan fingerprint density at radius 1 is 1.11 bits per heavy atom. The number of aliphatic imine (C=N–C) groups is 1. The van der Waals surface area contributed by atoms with Gasteiger partial charge in [0, 0.05) is 45.8 Å². The molecular weight excluding hydrogens is 467 g/mol. The normalized spacial score (nSPS) is 22.8. The number of nitrogens with zero attached hydrogens (tertiary/aromatic N) is 3. The lowest BCUT2D eigenvalue weighted by molar-refractivity contribution is 0.0536. The first-order valence-corrected chi connectivity index (χ1v) is 10.9.